The van der Waals surface area contributed by atoms with Gasteiger partial charge in [0.05, 0.1) is 12.8 Å². The number of carbonyl (C=O) groups excluding carboxylic acids is 2. The van der Waals surface area contributed by atoms with E-state index in [4.69, 9.17) is 0 Å². The van der Waals surface area contributed by atoms with Crippen LogP contribution in [-0.4, -0.2) is 47.8 Å². The highest BCUT2D eigenvalue weighted by molar-refractivity contribution is 5.80. The second-order valence-electron chi connectivity index (χ2n) is 6.99. The maximum Gasteiger partial charge on any atom is 0.227 e. The molecule has 4 nitrogen and oxygen atoms in total. The molecule has 5 heteroatoms. The first kappa shape index (κ1) is 19.1. The second-order valence-corrected chi connectivity index (χ2v) is 6.99. The van der Waals surface area contributed by atoms with Crippen molar-refractivity contribution in [3.8, 4) is 0 Å². The summed E-state index contributed by atoms with van der Waals surface area (Å²) in [6.45, 7) is 4.27. The summed E-state index contributed by atoms with van der Waals surface area (Å²) >= 11 is 0. The summed E-state index contributed by atoms with van der Waals surface area (Å²) in [7, 11) is 0. The fourth-order valence-electron chi connectivity index (χ4n) is 3.42. The van der Waals surface area contributed by atoms with Crippen molar-refractivity contribution in [2.75, 3.05) is 26.2 Å². The Labute approximate surface area is 159 Å². The molecule has 0 radical (unpaired) electrons. The van der Waals surface area contributed by atoms with Crippen LogP contribution in [-0.2, 0) is 22.4 Å². The molecule has 0 atom stereocenters. The summed E-state index contributed by atoms with van der Waals surface area (Å²) in [5.41, 5.74) is 2.57. The Morgan fingerprint density at radius 2 is 1.33 bits per heavy atom. The summed E-state index contributed by atoms with van der Waals surface area (Å²) < 4.78 is 13.8. The first-order chi connectivity index (χ1) is 13.0. The van der Waals surface area contributed by atoms with E-state index in [0.717, 1.165) is 17.5 Å². The molecule has 1 fully saturated rings. The lowest BCUT2D eigenvalue weighted by Crippen LogP contribution is -2.38. The maximum absolute atomic E-state index is 13.8. The first-order valence-electron chi connectivity index (χ1n) is 9.38. The number of aryl methyl sites for hydroxylation is 1. The third kappa shape index (κ3) is 4.94. The summed E-state index contributed by atoms with van der Waals surface area (Å²) in [6.07, 6.45) is 1.18. The van der Waals surface area contributed by atoms with Gasteiger partial charge in [-0.05, 0) is 36.1 Å². The molecule has 1 aliphatic heterocycles. The molecule has 0 spiro atoms. The molecule has 2 amide bonds. The smallest absolute Gasteiger partial charge is 0.227 e. The molecule has 0 aliphatic carbocycles. The van der Waals surface area contributed by atoms with Crippen LogP contribution < -0.4 is 0 Å². The molecule has 2 aromatic carbocycles. The Kier molecular flexibility index (Phi) is 6.22. The monoisotopic (exact) mass is 368 g/mol. The summed E-state index contributed by atoms with van der Waals surface area (Å²) in [5.74, 6) is -0.350. The van der Waals surface area contributed by atoms with Gasteiger partial charge in [0.25, 0.3) is 0 Å². The van der Waals surface area contributed by atoms with Crippen LogP contribution in [0.15, 0.2) is 48.5 Å². The fourth-order valence-corrected chi connectivity index (χ4v) is 3.42. The van der Waals surface area contributed by atoms with Crippen LogP contribution in [0.25, 0.3) is 0 Å². The van der Waals surface area contributed by atoms with E-state index in [1.165, 1.54) is 6.07 Å². The van der Waals surface area contributed by atoms with Crippen molar-refractivity contribution in [3.05, 3.63) is 71.0 Å². The summed E-state index contributed by atoms with van der Waals surface area (Å²) in [6, 6.07) is 14.3. The lowest BCUT2D eigenvalue weighted by atomic mass is 10.1. The highest BCUT2D eigenvalue weighted by atomic mass is 19.1. The predicted octanol–water partition coefficient (Wildman–Crippen LogP) is 2.98. The minimum absolute atomic E-state index is 0.0594. The maximum atomic E-state index is 13.8. The van der Waals surface area contributed by atoms with Gasteiger partial charge in [-0.3, -0.25) is 9.59 Å². The normalized spacial score (nSPS) is 14.7. The van der Waals surface area contributed by atoms with Crippen molar-refractivity contribution < 1.29 is 14.0 Å². The molecule has 0 bridgehead atoms. The molecule has 3 rings (SSSR count). The number of benzene rings is 2. The van der Waals surface area contributed by atoms with E-state index in [2.05, 4.69) is 0 Å². The Balaban J connectivity index is 1.57. The van der Waals surface area contributed by atoms with Gasteiger partial charge in [0.2, 0.25) is 11.8 Å². The number of halogens is 1. The van der Waals surface area contributed by atoms with Gasteiger partial charge in [0.1, 0.15) is 5.82 Å². The van der Waals surface area contributed by atoms with Crippen LogP contribution in [0.5, 0.6) is 0 Å². The second kappa shape index (κ2) is 8.80. The largest absolute Gasteiger partial charge is 0.341 e. The van der Waals surface area contributed by atoms with Crippen molar-refractivity contribution in [2.45, 2.75) is 26.2 Å². The van der Waals surface area contributed by atoms with E-state index >= 15 is 0 Å². The number of rotatable bonds is 4. The average Bonchev–Trinajstić information content (AvgIpc) is 2.92. The lowest BCUT2D eigenvalue weighted by molar-refractivity contribution is -0.132. The average molecular weight is 368 g/mol. The van der Waals surface area contributed by atoms with Gasteiger partial charge < -0.3 is 9.80 Å². The highest BCUT2D eigenvalue weighted by Gasteiger charge is 2.23. The number of carbonyl (C=O) groups is 2. The molecule has 1 saturated heterocycles. The zero-order valence-electron chi connectivity index (χ0n) is 15.7. The van der Waals surface area contributed by atoms with E-state index in [-0.39, 0.29) is 24.1 Å². The number of amides is 2. The van der Waals surface area contributed by atoms with E-state index in [1.54, 1.807) is 23.1 Å². The van der Waals surface area contributed by atoms with Crippen molar-refractivity contribution in [2.24, 2.45) is 0 Å². The van der Waals surface area contributed by atoms with Crippen LogP contribution in [0.3, 0.4) is 0 Å². The SMILES string of the molecule is Cc1ccccc1CC(=O)N1CCCN(C(=O)Cc2ccccc2F)CC1. The van der Waals surface area contributed by atoms with Crippen LogP contribution >= 0.6 is 0 Å². The number of hydrogen-bond acceptors (Lipinski definition) is 2. The molecule has 0 saturated carbocycles. The third-order valence-corrected chi connectivity index (χ3v) is 5.10. The van der Waals surface area contributed by atoms with E-state index < -0.39 is 0 Å². The standard InChI is InChI=1S/C22H25FN2O2/c1-17-7-2-3-8-18(17)15-21(26)24-11-6-12-25(14-13-24)22(27)16-19-9-4-5-10-20(19)23/h2-5,7-10H,6,11-16H2,1H3. The molecule has 0 unspecified atom stereocenters. The van der Waals surface area contributed by atoms with Crippen molar-refractivity contribution >= 4 is 11.8 Å². The van der Waals surface area contributed by atoms with Gasteiger partial charge in [-0.25, -0.2) is 4.39 Å². The predicted molar refractivity (Wildman–Crippen MR) is 103 cm³/mol. The van der Waals surface area contributed by atoms with Crippen molar-refractivity contribution in [1.82, 2.24) is 9.80 Å². The van der Waals surface area contributed by atoms with Crippen LogP contribution in [0, 0.1) is 12.7 Å². The van der Waals surface area contributed by atoms with Gasteiger partial charge in [0.15, 0.2) is 0 Å². The molecule has 0 aromatic heterocycles. The number of nitrogens with zero attached hydrogens (tertiary/aromatic N) is 2. The lowest BCUT2D eigenvalue weighted by Gasteiger charge is -2.22. The molecule has 142 valence electrons. The molecule has 27 heavy (non-hydrogen) atoms. The Hall–Kier alpha value is -2.69. The minimum Gasteiger partial charge on any atom is -0.341 e. The van der Waals surface area contributed by atoms with Crippen molar-refractivity contribution in [3.63, 3.8) is 0 Å². The number of hydrogen-bond donors (Lipinski definition) is 0. The molecular weight excluding hydrogens is 343 g/mol. The quantitative estimate of drug-likeness (QED) is 0.832. The zero-order valence-corrected chi connectivity index (χ0v) is 15.7. The molecular formula is C22H25FN2O2. The highest BCUT2D eigenvalue weighted by Crippen LogP contribution is 2.13. The van der Waals surface area contributed by atoms with Gasteiger partial charge >= 0.3 is 0 Å². The molecule has 1 heterocycles. The summed E-state index contributed by atoms with van der Waals surface area (Å²) in [5, 5.41) is 0. The van der Waals surface area contributed by atoms with E-state index in [9.17, 15) is 14.0 Å². The topological polar surface area (TPSA) is 40.6 Å². The van der Waals surface area contributed by atoms with Crippen LogP contribution in [0.4, 0.5) is 4.39 Å². The fraction of sp³-hybridized carbons (Fsp3) is 0.364. The zero-order chi connectivity index (χ0) is 19.2. The van der Waals surface area contributed by atoms with Crippen molar-refractivity contribution in [1.29, 1.82) is 0 Å². The van der Waals surface area contributed by atoms with E-state index in [0.29, 0.717) is 38.2 Å². The Bertz CT molecular complexity index is 754. The minimum atomic E-state index is -0.351. The molecule has 1 aliphatic rings. The Morgan fingerprint density at radius 1 is 0.815 bits per heavy atom. The van der Waals surface area contributed by atoms with Crippen LogP contribution in [0.2, 0.25) is 0 Å². The van der Waals surface area contributed by atoms with Gasteiger partial charge in [-0.15, -0.1) is 0 Å². The van der Waals surface area contributed by atoms with Gasteiger partial charge in [-0.2, -0.15) is 0 Å². The van der Waals surface area contributed by atoms with Crippen LogP contribution in [0.1, 0.15) is 23.1 Å². The Morgan fingerprint density at radius 3 is 1.93 bits per heavy atom. The molecule has 2 aromatic rings. The van der Waals surface area contributed by atoms with E-state index in [1.807, 2.05) is 36.1 Å². The summed E-state index contributed by atoms with van der Waals surface area (Å²) in [4.78, 5) is 28.8. The third-order valence-electron chi connectivity index (χ3n) is 5.10. The van der Waals surface area contributed by atoms with Gasteiger partial charge in [-0.1, -0.05) is 42.5 Å². The first-order valence-corrected chi connectivity index (χ1v) is 9.38. The van der Waals surface area contributed by atoms with Gasteiger partial charge in [0, 0.05) is 26.2 Å². The molecule has 0 N–H and O–H groups in total.